The Kier molecular flexibility index (Phi) is 3.24. The number of nitrogens with zero attached hydrogens (tertiary/aromatic N) is 3. The van der Waals surface area contributed by atoms with Gasteiger partial charge in [0.1, 0.15) is 12.1 Å². The van der Waals surface area contributed by atoms with Crippen molar-refractivity contribution in [2.45, 2.75) is 0 Å². The van der Waals surface area contributed by atoms with Crippen LogP contribution in [0.1, 0.15) is 10.4 Å². The lowest BCUT2D eigenvalue weighted by atomic mass is 10.2. The molecule has 2 heterocycles. The van der Waals surface area contributed by atoms with Crippen molar-refractivity contribution in [1.29, 1.82) is 0 Å². The average molecular weight is 264 g/mol. The molecule has 3 aromatic rings. The highest BCUT2D eigenvalue weighted by molar-refractivity contribution is 6.04. The third-order valence-corrected chi connectivity index (χ3v) is 2.81. The van der Waals surface area contributed by atoms with E-state index in [1.54, 1.807) is 35.4 Å². The van der Waals surface area contributed by atoms with Crippen LogP contribution in [0.5, 0.6) is 0 Å². The molecule has 0 radical (unpaired) electrons. The number of carbonyl (C=O) groups excluding carboxylic acids is 1. The summed E-state index contributed by atoms with van der Waals surface area (Å²) in [5, 5.41) is 2.80. The van der Waals surface area contributed by atoms with Crippen LogP contribution in [0, 0.1) is 0 Å². The zero-order chi connectivity index (χ0) is 13.8. The molecule has 0 unspecified atom stereocenters. The van der Waals surface area contributed by atoms with Crippen molar-refractivity contribution in [2.24, 2.45) is 0 Å². The lowest BCUT2D eigenvalue weighted by molar-refractivity contribution is 0.102. The maximum absolute atomic E-state index is 12.0. The summed E-state index contributed by atoms with van der Waals surface area (Å²) in [6.45, 7) is 0. The first-order valence-electron chi connectivity index (χ1n) is 6.14. The zero-order valence-electron chi connectivity index (χ0n) is 10.6. The monoisotopic (exact) mass is 264 g/mol. The van der Waals surface area contributed by atoms with E-state index in [0.717, 1.165) is 5.82 Å². The number of aromatic nitrogens is 3. The van der Waals surface area contributed by atoms with Gasteiger partial charge in [0.05, 0.1) is 11.9 Å². The lowest BCUT2D eigenvalue weighted by Gasteiger charge is -2.06. The van der Waals surface area contributed by atoms with Gasteiger partial charge in [0, 0.05) is 18.0 Å². The normalized spacial score (nSPS) is 10.2. The topological polar surface area (TPSA) is 59.8 Å². The highest BCUT2D eigenvalue weighted by Crippen LogP contribution is 2.11. The van der Waals surface area contributed by atoms with Gasteiger partial charge in [0.15, 0.2) is 0 Å². The number of amides is 1. The molecule has 0 spiro atoms. The minimum atomic E-state index is -0.150. The van der Waals surface area contributed by atoms with Gasteiger partial charge in [-0.25, -0.2) is 9.97 Å². The fourth-order valence-electron chi connectivity index (χ4n) is 1.80. The van der Waals surface area contributed by atoms with Gasteiger partial charge in [-0.3, -0.25) is 9.36 Å². The molecule has 0 aliphatic heterocycles. The second-order valence-corrected chi connectivity index (χ2v) is 4.20. The van der Waals surface area contributed by atoms with Gasteiger partial charge in [-0.05, 0) is 24.3 Å². The Labute approximate surface area is 115 Å². The molecule has 0 atom stereocenters. The molecule has 5 nitrogen and oxygen atoms in total. The summed E-state index contributed by atoms with van der Waals surface area (Å²) in [6.07, 6.45) is 6.79. The van der Waals surface area contributed by atoms with Crippen LogP contribution in [0.2, 0.25) is 0 Å². The van der Waals surface area contributed by atoms with Crippen molar-refractivity contribution in [1.82, 2.24) is 14.5 Å². The molecule has 5 heteroatoms. The molecular formula is C15H12N4O. The molecule has 0 saturated carbocycles. The fourth-order valence-corrected chi connectivity index (χ4v) is 1.80. The van der Waals surface area contributed by atoms with Gasteiger partial charge >= 0.3 is 0 Å². The van der Waals surface area contributed by atoms with Crippen LogP contribution < -0.4 is 5.32 Å². The third kappa shape index (κ3) is 2.56. The summed E-state index contributed by atoms with van der Waals surface area (Å²) < 4.78 is 1.79. The fraction of sp³-hybridized carbons (Fsp3) is 0. The molecule has 0 aliphatic carbocycles. The minimum absolute atomic E-state index is 0.150. The number of carbonyl (C=O) groups is 1. The number of rotatable bonds is 3. The number of benzene rings is 1. The van der Waals surface area contributed by atoms with Crippen LogP contribution in [0.15, 0.2) is 67.4 Å². The molecule has 20 heavy (non-hydrogen) atoms. The van der Waals surface area contributed by atoms with Crippen molar-refractivity contribution < 1.29 is 4.79 Å². The van der Waals surface area contributed by atoms with E-state index in [-0.39, 0.29) is 5.91 Å². The molecule has 1 amide bonds. The summed E-state index contributed by atoms with van der Waals surface area (Å²) in [5.74, 6) is 0.600. The van der Waals surface area contributed by atoms with Crippen LogP contribution in [-0.4, -0.2) is 20.4 Å². The highest BCUT2D eigenvalue weighted by Gasteiger charge is 2.05. The third-order valence-electron chi connectivity index (χ3n) is 2.81. The second kappa shape index (κ2) is 5.36. The van der Waals surface area contributed by atoms with E-state index in [4.69, 9.17) is 0 Å². The Hall–Kier alpha value is -2.95. The Morgan fingerprint density at radius 2 is 1.95 bits per heavy atom. The Morgan fingerprint density at radius 3 is 2.60 bits per heavy atom. The standard InChI is InChI=1S/C15H12N4O/c20-15(12-4-2-1-3-5-12)18-13-6-7-14(17-10-13)19-9-8-16-11-19/h1-11H,(H,18,20). The molecule has 3 rings (SSSR count). The van der Waals surface area contributed by atoms with Crippen molar-refractivity contribution in [3.05, 3.63) is 72.9 Å². The van der Waals surface area contributed by atoms with Gasteiger partial charge in [0.25, 0.3) is 5.91 Å². The van der Waals surface area contributed by atoms with E-state index in [2.05, 4.69) is 15.3 Å². The number of hydrogen-bond donors (Lipinski definition) is 1. The zero-order valence-corrected chi connectivity index (χ0v) is 10.6. The van der Waals surface area contributed by atoms with Crippen LogP contribution in [0.4, 0.5) is 5.69 Å². The maximum Gasteiger partial charge on any atom is 0.255 e. The molecule has 0 fully saturated rings. The summed E-state index contributed by atoms with van der Waals surface area (Å²) in [4.78, 5) is 20.2. The van der Waals surface area contributed by atoms with Crippen molar-refractivity contribution in [3.63, 3.8) is 0 Å². The second-order valence-electron chi connectivity index (χ2n) is 4.20. The van der Waals surface area contributed by atoms with Crippen molar-refractivity contribution in [2.75, 3.05) is 5.32 Å². The summed E-state index contributed by atoms with van der Waals surface area (Å²) >= 11 is 0. The van der Waals surface area contributed by atoms with Gasteiger partial charge in [-0.15, -0.1) is 0 Å². The largest absolute Gasteiger partial charge is 0.321 e. The number of nitrogens with one attached hydrogen (secondary N) is 1. The molecule has 1 N–H and O–H groups in total. The van der Waals surface area contributed by atoms with Gasteiger partial charge in [0.2, 0.25) is 0 Å². The Bertz CT molecular complexity index is 691. The number of pyridine rings is 1. The summed E-state index contributed by atoms with van der Waals surface area (Å²) in [7, 11) is 0. The first-order valence-corrected chi connectivity index (χ1v) is 6.14. The van der Waals surface area contributed by atoms with E-state index < -0.39 is 0 Å². The lowest BCUT2D eigenvalue weighted by Crippen LogP contribution is -2.11. The molecule has 0 bridgehead atoms. The molecule has 1 aromatic carbocycles. The van der Waals surface area contributed by atoms with Gasteiger partial charge < -0.3 is 5.32 Å². The Balaban J connectivity index is 1.74. The summed E-state index contributed by atoms with van der Waals surface area (Å²) in [5.41, 5.74) is 1.27. The summed E-state index contributed by atoms with van der Waals surface area (Å²) in [6, 6.07) is 12.7. The van der Waals surface area contributed by atoms with Crippen LogP contribution >= 0.6 is 0 Å². The SMILES string of the molecule is O=C(Nc1ccc(-n2ccnc2)nc1)c1ccccc1. The first kappa shape index (κ1) is 12.1. The smallest absolute Gasteiger partial charge is 0.255 e. The molecule has 98 valence electrons. The van der Waals surface area contributed by atoms with Gasteiger partial charge in [-0.2, -0.15) is 0 Å². The van der Waals surface area contributed by atoms with E-state index in [9.17, 15) is 4.79 Å². The predicted octanol–water partition coefficient (Wildman–Crippen LogP) is 2.52. The van der Waals surface area contributed by atoms with Crippen LogP contribution in [0.3, 0.4) is 0 Å². The van der Waals surface area contributed by atoms with Crippen molar-refractivity contribution in [3.8, 4) is 5.82 Å². The van der Waals surface area contributed by atoms with Crippen LogP contribution in [-0.2, 0) is 0 Å². The number of imidazole rings is 1. The van der Waals surface area contributed by atoms with Crippen LogP contribution in [0.25, 0.3) is 5.82 Å². The predicted molar refractivity (Wildman–Crippen MR) is 75.8 cm³/mol. The Morgan fingerprint density at radius 1 is 1.10 bits per heavy atom. The van der Waals surface area contributed by atoms with Crippen molar-refractivity contribution >= 4 is 11.6 Å². The average Bonchev–Trinajstić information content (AvgIpc) is 3.03. The number of hydrogen-bond acceptors (Lipinski definition) is 3. The maximum atomic E-state index is 12.0. The first-order chi connectivity index (χ1) is 9.83. The molecule has 2 aromatic heterocycles. The van der Waals surface area contributed by atoms with E-state index in [0.29, 0.717) is 11.3 Å². The molecular weight excluding hydrogens is 252 g/mol. The van der Waals surface area contributed by atoms with E-state index >= 15 is 0 Å². The van der Waals surface area contributed by atoms with E-state index in [1.807, 2.05) is 36.5 Å². The highest BCUT2D eigenvalue weighted by atomic mass is 16.1. The van der Waals surface area contributed by atoms with E-state index in [1.165, 1.54) is 0 Å². The molecule has 0 saturated heterocycles. The number of anilines is 1. The van der Waals surface area contributed by atoms with Gasteiger partial charge in [-0.1, -0.05) is 18.2 Å². The minimum Gasteiger partial charge on any atom is -0.321 e. The molecule has 0 aliphatic rings. The quantitative estimate of drug-likeness (QED) is 0.790.